The first-order chi connectivity index (χ1) is 14.2. The Morgan fingerprint density at radius 2 is 2.10 bits per heavy atom. The number of halogens is 3. The van der Waals surface area contributed by atoms with E-state index in [0.717, 1.165) is 12.1 Å². The quantitative estimate of drug-likeness (QED) is 0.505. The molecule has 11 heteroatoms. The third kappa shape index (κ3) is 4.72. The van der Waals surface area contributed by atoms with Crippen molar-refractivity contribution in [2.45, 2.75) is 38.1 Å². The summed E-state index contributed by atoms with van der Waals surface area (Å²) in [7, 11) is 0. The number of carbonyl (C=O) groups excluding carboxylic acids is 2. The van der Waals surface area contributed by atoms with Crippen LogP contribution >= 0.6 is 11.8 Å². The van der Waals surface area contributed by atoms with Gasteiger partial charge in [-0.2, -0.15) is 13.2 Å². The highest BCUT2D eigenvalue weighted by atomic mass is 32.2. The van der Waals surface area contributed by atoms with Crippen LogP contribution in [0.15, 0.2) is 34.6 Å². The second kappa shape index (κ2) is 8.99. The number of amides is 2. The molecule has 0 aliphatic carbocycles. The second-order valence-electron chi connectivity index (χ2n) is 6.52. The molecule has 0 saturated carbocycles. The standard InChI is InChI=1S/C19H21F3N4O3S/c1-3-7-26-15-8-11(19(20,21)22)5-6-13(15)25-18(26)30-10-14-12(16(27)29-4-2)9-23-17(28)24-14/h5-6,8H,3-4,7,9-10H2,1-2H3,(H2,23,24,28). The normalized spacial score (nSPS) is 14.6. The molecule has 0 bridgehead atoms. The van der Waals surface area contributed by atoms with Gasteiger partial charge in [0.1, 0.15) is 0 Å². The highest BCUT2D eigenvalue weighted by Gasteiger charge is 2.31. The van der Waals surface area contributed by atoms with E-state index in [9.17, 15) is 22.8 Å². The minimum Gasteiger partial charge on any atom is -0.463 e. The van der Waals surface area contributed by atoms with Crippen molar-refractivity contribution in [1.29, 1.82) is 0 Å². The topological polar surface area (TPSA) is 85.2 Å². The van der Waals surface area contributed by atoms with Crippen LogP contribution in [0, 0.1) is 0 Å². The molecular formula is C19H21F3N4O3S. The van der Waals surface area contributed by atoms with Crippen LogP contribution in [0.5, 0.6) is 0 Å². The minimum atomic E-state index is -4.44. The molecule has 2 heterocycles. The fourth-order valence-electron chi connectivity index (χ4n) is 3.03. The Kier molecular flexibility index (Phi) is 6.59. The van der Waals surface area contributed by atoms with Crippen molar-refractivity contribution in [2.75, 3.05) is 18.9 Å². The van der Waals surface area contributed by atoms with E-state index in [1.165, 1.54) is 17.8 Å². The van der Waals surface area contributed by atoms with Gasteiger partial charge in [0.2, 0.25) is 0 Å². The smallest absolute Gasteiger partial charge is 0.416 e. The minimum absolute atomic E-state index is 0.0425. The van der Waals surface area contributed by atoms with Crippen molar-refractivity contribution in [3.8, 4) is 0 Å². The first kappa shape index (κ1) is 22.0. The number of nitrogens with one attached hydrogen (secondary N) is 2. The van der Waals surface area contributed by atoms with Gasteiger partial charge in [-0.25, -0.2) is 14.6 Å². The highest BCUT2D eigenvalue weighted by molar-refractivity contribution is 7.99. The Hall–Kier alpha value is -2.69. The lowest BCUT2D eigenvalue weighted by Crippen LogP contribution is -2.44. The first-order valence-corrected chi connectivity index (χ1v) is 10.4. The van der Waals surface area contributed by atoms with Gasteiger partial charge >= 0.3 is 18.2 Å². The molecule has 2 amide bonds. The molecule has 162 valence electrons. The fraction of sp³-hybridized carbons (Fsp3) is 0.421. The van der Waals surface area contributed by atoms with Crippen LogP contribution in [0.25, 0.3) is 11.0 Å². The number of hydrogen-bond acceptors (Lipinski definition) is 5. The number of aromatic nitrogens is 2. The van der Waals surface area contributed by atoms with Gasteiger partial charge in [0.15, 0.2) is 5.16 Å². The third-order valence-corrected chi connectivity index (χ3v) is 5.41. The van der Waals surface area contributed by atoms with Gasteiger partial charge in [0, 0.05) is 18.0 Å². The van der Waals surface area contributed by atoms with E-state index in [1.54, 1.807) is 11.5 Å². The summed E-state index contributed by atoms with van der Waals surface area (Å²) >= 11 is 1.24. The third-order valence-electron chi connectivity index (χ3n) is 4.41. The van der Waals surface area contributed by atoms with Gasteiger partial charge in [0.25, 0.3) is 0 Å². The Morgan fingerprint density at radius 1 is 1.33 bits per heavy atom. The molecule has 1 aromatic carbocycles. The van der Waals surface area contributed by atoms with Crippen molar-refractivity contribution in [3.63, 3.8) is 0 Å². The van der Waals surface area contributed by atoms with Gasteiger partial charge < -0.3 is 19.9 Å². The Bertz CT molecular complexity index is 1000. The van der Waals surface area contributed by atoms with E-state index in [-0.39, 0.29) is 18.9 Å². The number of thioether (sulfide) groups is 1. The predicted molar refractivity (Wildman–Crippen MR) is 106 cm³/mol. The molecular weight excluding hydrogens is 421 g/mol. The number of nitrogens with zero attached hydrogens (tertiary/aromatic N) is 2. The zero-order valence-electron chi connectivity index (χ0n) is 16.4. The number of imidazole rings is 1. The number of carbonyl (C=O) groups is 2. The van der Waals surface area contributed by atoms with Gasteiger partial charge in [0.05, 0.1) is 35.3 Å². The van der Waals surface area contributed by atoms with Crippen molar-refractivity contribution in [2.24, 2.45) is 0 Å². The number of hydrogen-bond donors (Lipinski definition) is 2. The van der Waals surface area contributed by atoms with Crippen LogP contribution in [0.1, 0.15) is 25.8 Å². The molecule has 0 saturated heterocycles. The first-order valence-electron chi connectivity index (χ1n) is 9.38. The van der Waals surface area contributed by atoms with Crippen LogP contribution in [-0.2, 0) is 22.3 Å². The molecule has 0 radical (unpaired) electrons. The van der Waals surface area contributed by atoms with Crippen molar-refractivity contribution >= 4 is 34.8 Å². The summed E-state index contributed by atoms with van der Waals surface area (Å²) in [6, 6.07) is 3.02. The molecule has 1 aliphatic heterocycles. The zero-order chi connectivity index (χ0) is 21.9. The summed E-state index contributed by atoms with van der Waals surface area (Å²) < 4.78 is 46.1. The lowest BCUT2D eigenvalue weighted by molar-refractivity contribution is -0.139. The summed E-state index contributed by atoms with van der Waals surface area (Å²) in [5.74, 6) is -0.321. The van der Waals surface area contributed by atoms with Gasteiger partial charge in [-0.05, 0) is 31.5 Å². The Balaban J connectivity index is 1.93. The molecule has 1 aliphatic rings. The maximum absolute atomic E-state index is 13.1. The van der Waals surface area contributed by atoms with Crippen LogP contribution in [0.4, 0.5) is 18.0 Å². The second-order valence-corrected chi connectivity index (χ2v) is 7.46. The lowest BCUT2D eigenvalue weighted by Gasteiger charge is -2.21. The van der Waals surface area contributed by atoms with E-state index in [4.69, 9.17) is 4.74 Å². The van der Waals surface area contributed by atoms with E-state index in [2.05, 4.69) is 15.6 Å². The largest absolute Gasteiger partial charge is 0.463 e. The summed E-state index contributed by atoms with van der Waals surface area (Å²) in [6.07, 6.45) is -3.74. The van der Waals surface area contributed by atoms with Gasteiger partial charge in [-0.3, -0.25) is 0 Å². The maximum Gasteiger partial charge on any atom is 0.416 e. The molecule has 2 N–H and O–H groups in total. The Labute approximate surface area is 175 Å². The number of alkyl halides is 3. The van der Waals surface area contributed by atoms with E-state index >= 15 is 0 Å². The van der Waals surface area contributed by atoms with Crippen molar-refractivity contribution in [3.05, 3.63) is 35.0 Å². The van der Waals surface area contributed by atoms with E-state index in [0.29, 0.717) is 40.4 Å². The van der Waals surface area contributed by atoms with Crippen LogP contribution in [0.2, 0.25) is 0 Å². The lowest BCUT2D eigenvalue weighted by atomic mass is 10.2. The molecule has 0 atom stereocenters. The highest BCUT2D eigenvalue weighted by Crippen LogP contribution is 2.33. The number of fused-ring (bicyclic) bond motifs is 1. The van der Waals surface area contributed by atoms with Crippen molar-refractivity contribution in [1.82, 2.24) is 20.2 Å². The maximum atomic E-state index is 13.1. The summed E-state index contributed by atoms with van der Waals surface area (Å²) in [4.78, 5) is 28.3. The molecule has 2 aromatic rings. The van der Waals surface area contributed by atoms with Gasteiger partial charge in [-0.1, -0.05) is 18.7 Å². The van der Waals surface area contributed by atoms with E-state index in [1.807, 2.05) is 6.92 Å². The molecule has 0 fully saturated rings. The monoisotopic (exact) mass is 442 g/mol. The SMILES string of the molecule is CCCn1c(SCC2=C(C(=O)OCC)CNC(=O)N2)nc2ccc(C(F)(F)F)cc21. The summed E-state index contributed by atoms with van der Waals surface area (Å²) in [5, 5.41) is 5.65. The average molecular weight is 442 g/mol. The van der Waals surface area contributed by atoms with Crippen LogP contribution < -0.4 is 10.6 Å². The molecule has 7 nitrogen and oxygen atoms in total. The van der Waals surface area contributed by atoms with E-state index < -0.39 is 23.7 Å². The van der Waals surface area contributed by atoms with Crippen molar-refractivity contribution < 1.29 is 27.5 Å². The number of aryl methyl sites for hydroxylation is 1. The molecule has 3 rings (SSSR count). The number of esters is 1. The average Bonchev–Trinajstić information content (AvgIpc) is 3.03. The molecule has 1 aromatic heterocycles. The fourth-order valence-corrected chi connectivity index (χ4v) is 4.06. The van der Waals surface area contributed by atoms with Crippen LogP contribution in [0.3, 0.4) is 0 Å². The molecule has 0 unspecified atom stereocenters. The predicted octanol–water partition coefficient (Wildman–Crippen LogP) is 3.69. The van der Waals surface area contributed by atoms with Gasteiger partial charge in [-0.15, -0.1) is 0 Å². The number of ether oxygens (including phenoxy) is 1. The molecule has 30 heavy (non-hydrogen) atoms. The summed E-state index contributed by atoms with van der Waals surface area (Å²) in [5.41, 5.74) is 0.812. The Morgan fingerprint density at radius 3 is 2.77 bits per heavy atom. The summed E-state index contributed by atoms with van der Waals surface area (Å²) in [6.45, 7) is 4.33. The molecule has 0 spiro atoms. The number of benzene rings is 1. The zero-order valence-corrected chi connectivity index (χ0v) is 17.2. The van der Waals surface area contributed by atoms with Crippen LogP contribution in [-0.4, -0.2) is 40.5 Å². The number of urea groups is 1. The number of rotatable bonds is 7.